The fourth-order valence-electron chi connectivity index (χ4n) is 0.405. The maximum Gasteiger partial charge on any atom is 0.120 e. The zero-order valence-electron chi connectivity index (χ0n) is 3.77. The van der Waals surface area contributed by atoms with E-state index in [0.29, 0.717) is 6.73 Å². The van der Waals surface area contributed by atoms with Crippen LogP contribution in [-0.2, 0) is 4.84 Å². The number of rotatable bonds is 0. The van der Waals surface area contributed by atoms with Crippen LogP contribution < -0.4 is 5.32 Å². The van der Waals surface area contributed by atoms with Crippen LogP contribution in [0.2, 0.25) is 0 Å². The molecule has 1 N–H and O–H groups in total. The highest BCUT2D eigenvalue weighted by molar-refractivity contribution is 4.37. The van der Waals surface area contributed by atoms with Crippen molar-refractivity contribution in [1.82, 2.24) is 10.4 Å². The SMILES string of the molecule is CN1CNCO1. The molecule has 3 heteroatoms. The molecule has 1 rings (SSSR count). The van der Waals surface area contributed by atoms with Crippen LogP contribution in [0, 0.1) is 0 Å². The van der Waals surface area contributed by atoms with Crippen molar-refractivity contribution in [2.75, 3.05) is 20.4 Å². The van der Waals surface area contributed by atoms with Crippen LogP contribution in [0.15, 0.2) is 0 Å². The molecule has 36 valence electrons. The molecule has 1 fully saturated rings. The number of hydroxylamine groups is 2. The Kier molecular flexibility index (Phi) is 1.05. The fraction of sp³-hybridized carbons (Fsp3) is 1.00. The summed E-state index contributed by atoms with van der Waals surface area (Å²) >= 11 is 0. The second kappa shape index (κ2) is 1.55. The molecular weight excluding hydrogens is 80.0 g/mol. The van der Waals surface area contributed by atoms with Crippen molar-refractivity contribution in [2.24, 2.45) is 0 Å². The Morgan fingerprint density at radius 1 is 1.83 bits per heavy atom. The van der Waals surface area contributed by atoms with Crippen LogP contribution in [0.25, 0.3) is 0 Å². The number of nitrogens with zero attached hydrogens (tertiary/aromatic N) is 1. The first-order valence-corrected chi connectivity index (χ1v) is 1.94. The lowest BCUT2D eigenvalue weighted by molar-refractivity contribution is -0.0870. The highest BCUT2D eigenvalue weighted by Crippen LogP contribution is 1.85. The first-order chi connectivity index (χ1) is 2.89. The molecule has 1 heterocycles. The van der Waals surface area contributed by atoms with Gasteiger partial charge in [-0.1, -0.05) is 0 Å². The second-order valence-electron chi connectivity index (χ2n) is 1.31. The van der Waals surface area contributed by atoms with Crippen molar-refractivity contribution in [1.29, 1.82) is 0 Å². The molecule has 0 aliphatic carbocycles. The number of nitrogens with one attached hydrogen (secondary N) is 1. The second-order valence-corrected chi connectivity index (χ2v) is 1.31. The van der Waals surface area contributed by atoms with Gasteiger partial charge in [-0.15, -0.1) is 0 Å². The topological polar surface area (TPSA) is 24.5 Å². The van der Waals surface area contributed by atoms with Crippen LogP contribution in [0.1, 0.15) is 0 Å². The first kappa shape index (κ1) is 4.05. The van der Waals surface area contributed by atoms with Gasteiger partial charge in [0.25, 0.3) is 0 Å². The van der Waals surface area contributed by atoms with Crippen molar-refractivity contribution in [3.8, 4) is 0 Å². The minimum absolute atomic E-state index is 0.663. The summed E-state index contributed by atoms with van der Waals surface area (Å²) in [6.45, 7) is 1.51. The summed E-state index contributed by atoms with van der Waals surface area (Å²) in [5, 5.41) is 4.73. The third-order valence-corrected chi connectivity index (χ3v) is 0.721. The molecular formula is C3H8N2O. The standard InChI is InChI=1S/C3H8N2O/c1-5-2-4-3-6-5/h4H,2-3H2,1H3. The molecule has 0 aromatic rings. The maximum absolute atomic E-state index is 4.88. The summed E-state index contributed by atoms with van der Waals surface area (Å²) in [5.74, 6) is 0. The molecule has 0 atom stereocenters. The molecule has 1 aliphatic heterocycles. The molecule has 0 aromatic carbocycles. The van der Waals surface area contributed by atoms with Crippen molar-refractivity contribution in [3.63, 3.8) is 0 Å². The van der Waals surface area contributed by atoms with Gasteiger partial charge in [0, 0.05) is 7.05 Å². The molecule has 1 aliphatic rings. The van der Waals surface area contributed by atoms with Gasteiger partial charge in [0.1, 0.15) is 6.73 Å². The summed E-state index contributed by atoms with van der Waals surface area (Å²) < 4.78 is 0. The Labute approximate surface area is 36.8 Å². The molecule has 0 bridgehead atoms. The van der Waals surface area contributed by atoms with Crippen molar-refractivity contribution in [3.05, 3.63) is 0 Å². The third kappa shape index (κ3) is 0.680. The van der Waals surface area contributed by atoms with E-state index in [4.69, 9.17) is 4.84 Å². The van der Waals surface area contributed by atoms with Crippen LogP contribution in [-0.4, -0.2) is 25.5 Å². The largest absolute Gasteiger partial charge is 0.282 e. The van der Waals surface area contributed by atoms with Gasteiger partial charge in [-0.25, -0.2) is 0 Å². The van der Waals surface area contributed by atoms with E-state index in [-0.39, 0.29) is 0 Å². The van der Waals surface area contributed by atoms with Gasteiger partial charge in [0.05, 0.1) is 6.67 Å². The Hall–Kier alpha value is -0.120. The third-order valence-electron chi connectivity index (χ3n) is 0.721. The lowest BCUT2D eigenvalue weighted by atomic mass is 11.0. The van der Waals surface area contributed by atoms with Crippen molar-refractivity contribution >= 4 is 0 Å². The van der Waals surface area contributed by atoms with Gasteiger partial charge in [0.15, 0.2) is 0 Å². The van der Waals surface area contributed by atoms with E-state index in [1.807, 2.05) is 7.05 Å². The van der Waals surface area contributed by atoms with E-state index in [9.17, 15) is 0 Å². The average Bonchev–Trinajstić information content (AvgIpc) is 1.86. The summed E-state index contributed by atoms with van der Waals surface area (Å²) in [4.78, 5) is 4.88. The van der Waals surface area contributed by atoms with E-state index in [1.54, 1.807) is 5.06 Å². The van der Waals surface area contributed by atoms with Gasteiger partial charge in [0.2, 0.25) is 0 Å². The Morgan fingerprint density at radius 3 is 2.83 bits per heavy atom. The van der Waals surface area contributed by atoms with Crippen LogP contribution in [0.4, 0.5) is 0 Å². The lowest BCUT2D eigenvalue weighted by Crippen LogP contribution is -2.14. The predicted octanol–water partition coefficient (Wildman–Crippen LogP) is -0.632. The van der Waals surface area contributed by atoms with Gasteiger partial charge in [-0.05, 0) is 0 Å². The predicted molar refractivity (Wildman–Crippen MR) is 21.7 cm³/mol. The van der Waals surface area contributed by atoms with Crippen molar-refractivity contribution in [2.45, 2.75) is 0 Å². The van der Waals surface area contributed by atoms with E-state index in [0.717, 1.165) is 6.67 Å². The summed E-state index contributed by atoms with van der Waals surface area (Å²) in [7, 11) is 1.89. The normalized spacial score (nSPS) is 25.5. The Bertz CT molecular complexity index is 42.1. The summed E-state index contributed by atoms with van der Waals surface area (Å²) in [6, 6.07) is 0. The monoisotopic (exact) mass is 88.1 g/mol. The van der Waals surface area contributed by atoms with Crippen molar-refractivity contribution < 1.29 is 4.84 Å². The van der Waals surface area contributed by atoms with Gasteiger partial charge >= 0.3 is 0 Å². The van der Waals surface area contributed by atoms with E-state index < -0.39 is 0 Å². The minimum Gasteiger partial charge on any atom is -0.282 e. The molecule has 0 saturated carbocycles. The van der Waals surface area contributed by atoms with Crippen LogP contribution >= 0.6 is 0 Å². The highest BCUT2D eigenvalue weighted by atomic mass is 16.7. The van der Waals surface area contributed by atoms with E-state index in [1.165, 1.54) is 0 Å². The van der Waals surface area contributed by atoms with E-state index >= 15 is 0 Å². The highest BCUT2D eigenvalue weighted by Gasteiger charge is 2.02. The molecule has 0 unspecified atom stereocenters. The maximum atomic E-state index is 4.88. The molecule has 3 nitrogen and oxygen atoms in total. The van der Waals surface area contributed by atoms with Gasteiger partial charge in [-0.2, -0.15) is 5.06 Å². The molecule has 0 amide bonds. The molecule has 0 radical (unpaired) electrons. The first-order valence-electron chi connectivity index (χ1n) is 1.94. The molecule has 0 aromatic heterocycles. The molecule has 0 spiro atoms. The Balaban J connectivity index is 2.18. The number of hydrogen-bond donors (Lipinski definition) is 1. The lowest BCUT2D eigenvalue weighted by Gasteiger charge is -1.99. The fourth-order valence-corrected chi connectivity index (χ4v) is 0.405. The quantitative estimate of drug-likeness (QED) is 0.426. The summed E-state index contributed by atoms with van der Waals surface area (Å²) in [6.07, 6.45) is 0. The smallest absolute Gasteiger partial charge is 0.120 e. The zero-order valence-corrected chi connectivity index (χ0v) is 3.77. The van der Waals surface area contributed by atoms with Gasteiger partial charge < -0.3 is 0 Å². The van der Waals surface area contributed by atoms with Crippen LogP contribution in [0.5, 0.6) is 0 Å². The van der Waals surface area contributed by atoms with E-state index in [2.05, 4.69) is 5.32 Å². The minimum atomic E-state index is 0.663. The zero-order chi connectivity index (χ0) is 4.41. The number of hydrogen-bond acceptors (Lipinski definition) is 3. The molecule has 6 heavy (non-hydrogen) atoms. The van der Waals surface area contributed by atoms with Gasteiger partial charge in [-0.3, -0.25) is 10.2 Å². The Morgan fingerprint density at radius 2 is 2.67 bits per heavy atom. The summed E-state index contributed by atoms with van der Waals surface area (Å²) in [5.41, 5.74) is 0. The average molecular weight is 88.1 g/mol. The molecule has 1 saturated heterocycles. The van der Waals surface area contributed by atoms with Crippen LogP contribution in [0.3, 0.4) is 0 Å².